The number of ether oxygens (including phenoxy) is 1. The minimum atomic E-state index is 0.00999. The summed E-state index contributed by atoms with van der Waals surface area (Å²) < 4.78 is 7.57. The fourth-order valence-electron chi connectivity index (χ4n) is 4.21. The molecule has 1 aliphatic rings. The molecule has 3 aromatic heterocycles. The van der Waals surface area contributed by atoms with Crippen molar-refractivity contribution in [1.82, 2.24) is 24.4 Å². The Morgan fingerprint density at radius 1 is 1.29 bits per heavy atom. The van der Waals surface area contributed by atoms with Crippen molar-refractivity contribution >= 4 is 28.0 Å². The molecule has 7 heteroatoms. The van der Waals surface area contributed by atoms with Crippen LogP contribution < -0.4 is 4.74 Å². The zero-order chi connectivity index (χ0) is 19.3. The van der Waals surface area contributed by atoms with Gasteiger partial charge in [-0.25, -0.2) is 9.97 Å². The molecule has 0 bridgehead atoms. The highest BCUT2D eigenvalue weighted by atomic mass is 16.5. The SMILES string of the molecule is COc1cccc2[nH]c(C(=O)N3CC[C@@H](n4c(C)nc5cccnc54)C3)cc12. The first-order chi connectivity index (χ1) is 13.7. The molecule has 1 fully saturated rings. The number of aromatic nitrogens is 4. The van der Waals surface area contributed by atoms with Gasteiger partial charge in [0.2, 0.25) is 0 Å². The summed E-state index contributed by atoms with van der Waals surface area (Å²) in [5, 5.41) is 0.921. The first kappa shape index (κ1) is 16.8. The van der Waals surface area contributed by atoms with Crippen molar-refractivity contribution in [3.8, 4) is 5.75 Å². The van der Waals surface area contributed by atoms with Crippen LogP contribution in [0.5, 0.6) is 5.75 Å². The summed E-state index contributed by atoms with van der Waals surface area (Å²) in [7, 11) is 1.64. The van der Waals surface area contributed by atoms with Gasteiger partial charge in [0.25, 0.3) is 5.91 Å². The molecular weight excluding hydrogens is 354 g/mol. The van der Waals surface area contributed by atoms with Crippen LogP contribution in [-0.4, -0.2) is 50.5 Å². The van der Waals surface area contributed by atoms with Crippen molar-refractivity contribution in [1.29, 1.82) is 0 Å². The van der Waals surface area contributed by atoms with Crippen molar-refractivity contribution in [3.63, 3.8) is 0 Å². The molecule has 0 saturated carbocycles. The Hall–Kier alpha value is -3.35. The third-order valence-electron chi connectivity index (χ3n) is 5.52. The number of carbonyl (C=O) groups excluding carboxylic acids is 1. The molecule has 1 amide bonds. The summed E-state index contributed by atoms with van der Waals surface area (Å²) >= 11 is 0. The summed E-state index contributed by atoms with van der Waals surface area (Å²) in [6.07, 6.45) is 2.67. The summed E-state index contributed by atoms with van der Waals surface area (Å²) in [5.41, 5.74) is 3.27. The van der Waals surface area contributed by atoms with E-state index in [9.17, 15) is 4.79 Å². The maximum atomic E-state index is 13.1. The number of fused-ring (bicyclic) bond motifs is 2. The van der Waals surface area contributed by atoms with E-state index in [0.717, 1.165) is 40.1 Å². The summed E-state index contributed by atoms with van der Waals surface area (Å²) in [5.74, 6) is 1.71. The van der Waals surface area contributed by atoms with E-state index in [2.05, 4.69) is 19.5 Å². The van der Waals surface area contributed by atoms with Crippen molar-refractivity contribution in [3.05, 3.63) is 54.1 Å². The molecule has 0 unspecified atom stereocenters. The molecule has 1 saturated heterocycles. The number of hydrogen-bond acceptors (Lipinski definition) is 4. The number of aromatic amines is 1. The number of rotatable bonds is 3. The molecule has 1 N–H and O–H groups in total. The van der Waals surface area contributed by atoms with Gasteiger partial charge in [-0.05, 0) is 43.7 Å². The van der Waals surface area contributed by atoms with Crippen LogP contribution in [0.3, 0.4) is 0 Å². The zero-order valence-electron chi connectivity index (χ0n) is 15.8. The lowest BCUT2D eigenvalue weighted by atomic mass is 10.2. The molecule has 5 rings (SSSR count). The normalized spacial score (nSPS) is 16.9. The highest BCUT2D eigenvalue weighted by Crippen LogP contribution is 2.30. The van der Waals surface area contributed by atoms with E-state index in [4.69, 9.17) is 4.74 Å². The average Bonchev–Trinajstić information content (AvgIpc) is 3.42. The van der Waals surface area contributed by atoms with Crippen molar-refractivity contribution in [2.75, 3.05) is 20.2 Å². The summed E-state index contributed by atoms with van der Waals surface area (Å²) in [4.78, 5) is 27.3. The van der Waals surface area contributed by atoms with Gasteiger partial charge in [0.15, 0.2) is 5.65 Å². The van der Waals surface area contributed by atoms with E-state index in [1.165, 1.54) is 0 Å². The largest absolute Gasteiger partial charge is 0.496 e. The Morgan fingerprint density at radius 3 is 3.04 bits per heavy atom. The van der Waals surface area contributed by atoms with Crippen LogP contribution in [-0.2, 0) is 0 Å². The van der Waals surface area contributed by atoms with E-state index in [-0.39, 0.29) is 11.9 Å². The van der Waals surface area contributed by atoms with E-state index >= 15 is 0 Å². The van der Waals surface area contributed by atoms with Crippen molar-refractivity contribution < 1.29 is 9.53 Å². The standard InChI is InChI=1S/C21H21N5O2/c1-13-23-17-6-4-9-22-20(17)26(13)14-8-10-25(12-14)21(27)18-11-15-16(24-18)5-3-7-19(15)28-2/h3-7,9,11,14,24H,8,10,12H2,1-2H3/t14-/m1/s1. The van der Waals surface area contributed by atoms with Crippen molar-refractivity contribution in [2.45, 2.75) is 19.4 Å². The summed E-state index contributed by atoms with van der Waals surface area (Å²) in [6.45, 7) is 3.35. The summed E-state index contributed by atoms with van der Waals surface area (Å²) in [6, 6.07) is 11.7. The Morgan fingerprint density at radius 2 is 2.18 bits per heavy atom. The Kier molecular flexibility index (Phi) is 3.82. The van der Waals surface area contributed by atoms with Crippen LogP contribution in [0.25, 0.3) is 22.1 Å². The maximum absolute atomic E-state index is 13.1. The van der Waals surface area contributed by atoms with E-state index in [1.807, 2.05) is 48.2 Å². The minimum Gasteiger partial charge on any atom is -0.496 e. The molecule has 7 nitrogen and oxygen atoms in total. The molecule has 1 aromatic carbocycles. The number of methoxy groups -OCH3 is 1. The third-order valence-corrected chi connectivity index (χ3v) is 5.52. The highest BCUT2D eigenvalue weighted by molar-refractivity contribution is 5.99. The molecule has 0 aliphatic carbocycles. The number of amides is 1. The Bertz CT molecular complexity index is 1190. The number of pyridine rings is 1. The van der Waals surface area contributed by atoms with Gasteiger partial charge < -0.3 is 19.2 Å². The highest BCUT2D eigenvalue weighted by Gasteiger charge is 2.31. The van der Waals surface area contributed by atoms with Gasteiger partial charge in [-0.1, -0.05) is 6.07 Å². The number of H-pyrrole nitrogens is 1. The fourth-order valence-corrected chi connectivity index (χ4v) is 4.21. The molecule has 0 spiro atoms. The zero-order valence-corrected chi connectivity index (χ0v) is 15.8. The molecular formula is C21H21N5O2. The van der Waals surface area contributed by atoms with Crippen LogP contribution >= 0.6 is 0 Å². The molecule has 1 atom stereocenters. The van der Waals surface area contributed by atoms with Gasteiger partial charge in [0, 0.05) is 30.2 Å². The minimum absolute atomic E-state index is 0.00999. The molecule has 1 aliphatic heterocycles. The van der Waals surface area contributed by atoms with E-state index in [1.54, 1.807) is 13.3 Å². The second-order valence-electron chi connectivity index (χ2n) is 7.17. The Balaban J connectivity index is 1.43. The topological polar surface area (TPSA) is 76.0 Å². The van der Waals surface area contributed by atoms with Crippen LogP contribution in [0.2, 0.25) is 0 Å². The first-order valence-electron chi connectivity index (χ1n) is 9.40. The predicted octanol–water partition coefficient (Wildman–Crippen LogP) is 3.32. The van der Waals surface area contributed by atoms with Crippen LogP contribution in [0.4, 0.5) is 0 Å². The smallest absolute Gasteiger partial charge is 0.270 e. The first-order valence-corrected chi connectivity index (χ1v) is 9.40. The van der Waals surface area contributed by atoms with Crippen LogP contribution in [0.1, 0.15) is 28.8 Å². The lowest BCUT2D eigenvalue weighted by Crippen LogP contribution is -2.29. The van der Waals surface area contributed by atoms with Crippen LogP contribution in [0.15, 0.2) is 42.6 Å². The molecule has 28 heavy (non-hydrogen) atoms. The molecule has 142 valence electrons. The second-order valence-corrected chi connectivity index (χ2v) is 7.17. The fraction of sp³-hybridized carbons (Fsp3) is 0.286. The second kappa shape index (κ2) is 6.37. The monoisotopic (exact) mass is 375 g/mol. The maximum Gasteiger partial charge on any atom is 0.270 e. The van der Waals surface area contributed by atoms with Gasteiger partial charge in [-0.15, -0.1) is 0 Å². The third kappa shape index (κ3) is 2.54. The number of carbonyl (C=O) groups is 1. The van der Waals surface area contributed by atoms with Gasteiger partial charge >= 0.3 is 0 Å². The van der Waals surface area contributed by atoms with Gasteiger partial charge in [-0.2, -0.15) is 0 Å². The van der Waals surface area contributed by atoms with Gasteiger partial charge in [-0.3, -0.25) is 4.79 Å². The number of aryl methyl sites for hydroxylation is 1. The predicted molar refractivity (Wildman–Crippen MR) is 107 cm³/mol. The molecule has 0 radical (unpaired) electrons. The van der Waals surface area contributed by atoms with Crippen molar-refractivity contribution in [2.24, 2.45) is 0 Å². The quantitative estimate of drug-likeness (QED) is 0.596. The lowest BCUT2D eigenvalue weighted by molar-refractivity contribution is 0.0783. The Labute approximate surface area is 162 Å². The number of nitrogens with zero attached hydrogens (tertiary/aromatic N) is 4. The van der Waals surface area contributed by atoms with E-state index < -0.39 is 0 Å². The lowest BCUT2D eigenvalue weighted by Gasteiger charge is -2.17. The average molecular weight is 375 g/mol. The number of likely N-dealkylation sites (tertiary alicyclic amines) is 1. The number of imidazole rings is 1. The molecule has 4 heterocycles. The van der Waals surface area contributed by atoms with Gasteiger partial charge in [0.1, 0.15) is 22.8 Å². The number of benzene rings is 1. The number of hydrogen-bond donors (Lipinski definition) is 1. The molecule has 4 aromatic rings. The van der Waals surface area contributed by atoms with Gasteiger partial charge in [0.05, 0.1) is 13.2 Å². The number of nitrogens with one attached hydrogen (secondary N) is 1. The van der Waals surface area contributed by atoms with E-state index in [0.29, 0.717) is 18.8 Å². The van der Waals surface area contributed by atoms with Crippen LogP contribution in [0, 0.1) is 6.92 Å².